The highest BCUT2D eigenvalue weighted by molar-refractivity contribution is 7.73. The first-order valence-corrected chi connectivity index (χ1v) is 9.97. The van der Waals surface area contributed by atoms with Crippen LogP contribution in [0.3, 0.4) is 0 Å². The highest BCUT2D eigenvalue weighted by Gasteiger charge is 2.27. The molecule has 0 saturated carbocycles. The predicted molar refractivity (Wildman–Crippen MR) is 118 cm³/mol. The first-order valence-electron chi connectivity index (χ1n) is 8.75. The molecule has 0 spiro atoms. The van der Waals surface area contributed by atoms with Gasteiger partial charge in [0.25, 0.3) is 0 Å². The molecule has 152 valence electrons. The quantitative estimate of drug-likeness (QED) is 0.559. The van der Waals surface area contributed by atoms with E-state index in [2.05, 4.69) is 4.99 Å². The Hall–Kier alpha value is -3.43. The molecular weight excluding hydrogens is 424 g/mol. The molecule has 0 unspecified atom stereocenters. The molecule has 0 atom stereocenters. The molecule has 9 heteroatoms. The molecule has 0 bridgehead atoms. The van der Waals surface area contributed by atoms with Gasteiger partial charge >= 0.3 is 5.97 Å². The van der Waals surface area contributed by atoms with Crippen molar-refractivity contribution in [2.24, 2.45) is 4.99 Å². The minimum Gasteiger partial charge on any atom is -0.497 e. The molecule has 2 heterocycles. The third kappa shape index (κ3) is 3.27. The zero-order chi connectivity index (χ0) is 21.4. The summed E-state index contributed by atoms with van der Waals surface area (Å²) >= 11 is 6.62. The monoisotopic (exact) mass is 440 g/mol. The fourth-order valence-electron chi connectivity index (χ4n) is 3.21. The van der Waals surface area contributed by atoms with Gasteiger partial charge in [-0.15, -0.1) is 11.3 Å². The Bertz CT molecular complexity index is 1290. The zero-order valence-electron chi connectivity index (χ0n) is 15.9. The second-order valence-corrected chi connectivity index (χ2v) is 7.95. The maximum Gasteiger partial charge on any atom is 0.355 e. The average Bonchev–Trinajstić information content (AvgIpc) is 3.24. The van der Waals surface area contributed by atoms with Crippen LogP contribution in [0, 0.1) is 3.95 Å². The lowest BCUT2D eigenvalue weighted by molar-refractivity contribution is -0.129. The van der Waals surface area contributed by atoms with Gasteiger partial charge in [-0.25, -0.2) is 9.79 Å². The number of aromatic hydroxyl groups is 1. The Balaban J connectivity index is 1.88. The highest BCUT2D eigenvalue weighted by Crippen LogP contribution is 2.41. The summed E-state index contributed by atoms with van der Waals surface area (Å²) in [6, 6.07) is 12.3. The normalized spacial score (nSPS) is 13.8. The summed E-state index contributed by atoms with van der Waals surface area (Å²) < 4.78 is 12.5. The molecule has 2 N–H and O–H groups in total. The molecule has 7 nitrogen and oxygen atoms in total. The molecule has 1 aliphatic rings. The molecule has 0 saturated heterocycles. The van der Waals surface area contributed by atoms with E-state index in [1.165, 1.54) is 18.8 Å². The number of hydrogen-bond donors (Lipinski definition) is 2. The van der Waals surface area contributed by atoms with E-state index < -0.39 is 5.97 Å². The number of aliphatic imine (C=N–C) groups is 1. The second kappa shape index (κ2) is 7.77. The average molecular weight is 441 g/mol. The number of ether oxygens (including phenoxy) is 2. The molecule has 0 fully saturated rings. The molecule has 0 amide bonds. The maximum absolute atomic E-state index is 11.8. The molecule has 2 aromatic carbocycles. The minimum absolute atomic E-state index is 0.103. The van der Waals surface area contributed by atoms with Crippen LogP contribution in [-0.2, 0) is 4.79 Å². The Kier molecular flexibility index (Phi) is 5.15. The van der Waals surface area contributed by atoms with E-state index in [0.717, 1.165) is 11.3 Å². The van der Waals surface area contributed by atoms with Crippen LogP contribution in [0.2, 0.25) is 0 Å². The molecule has 4 rings (SSSR count). The molecule has 30 heavy (non-hydrogen) atoms. The number of rotatable bonds is 5. The lowest BCUT2D eigenvalue weighted by atomic mass is 10.0. The number of para-hydroxylation sites is 2. The van der Waals surface area contributed by atoms with Gasteiger partial charge in [-0.1, -0.05) is 12.1 Å². The molecule has 0 radical (unpaired) electrons. The van der Waals surface area contributed by atoms with Crippen LogP contribution >= 0.6 is 23.6 Å². The second-order valence-electron chi connectivity index (χ2n) is 6.27. The summed E-state index contributed by atoms with van der Waals surface area (Å²) in [7, 11) is 3.06. The summed E-state index contributed by atoms with van der Waals surface area (Å²) in [5.41, 5.74) is 1.99. The number of methoxy groups -OCH3 is 2. The zero-order valence-corrected chi connectivity index (χ0v) is 17.6. The van der Waals surface area contributed by atoms with Crippen molar-refractivity contribution in [1.82, 2.24) is 4.57 Å². The van der Waals surface area contributed by atoms with Crippen molar-refractivity contribution in [3.05, 3.63) is 56.9 Å². The van der Waals surface area contributed by atoms with E-state index in [0.29, 0.717) is 42.8 Å². The fourth-order valence-corrected chi connectivity index (χ4v) is 4.49. The Morgan fingerprint density at radius 3 is 2.67 bits per heavy atom. The third-order valence-electron chi connectivity index (χ3n) is 4.60. The lowest BCUT2D eigenvalue weighted by Crippen LogP contribution is -2.11. The van der Waals surface area contributed by atoms with E-state index in [9.17, 15) is 15.0 Å². The summed E-state index contributed by atoms with van der Waals surface area (Å²) in [4.78, 5) is 16.4. The predicted octanol–water partition coefficient (Wildman–Crippen LogP) is 4.70. The van der Waals surface area contributed by atoms with E-state index in [4.69, 9.17) is 21.7 Å². The van der Waals surface area contributed by atoms with Crippen molar-refractivity contribution < 1.29 is 24.5 Å². The summed E-state index contributed by atoms with van der Waals surface area (Å²) in [5, 5.41) is 20.5. The first kappa shape index (κ1) is 19.9. The lowest BCUT2D eigenvalue weighted by Gasteiger charge is -2.10. The summed E-state index contributed by atoms with van der Waals surface area (Å²) in [6.07, 6.45) is 1.59. The third-order valence-corrected chi connectivity index (χ3v) is 5.91. The van der Waals surface area contributed by atoms with Gasteiger partial charge in [-0.05, 0) is 42.6 Å². The smallest absolute Gasteiger partial charge is 0.355 e. The van der Waals surface area contributed by atoms with Gasteiger partial charge in [-0.3, -0.25) is 4.57 Å². The topological polar surface area (TPSA) is 93.3 Å². The van der Waals surface area contributed by atoms with Gasteiger partial charge in [0.2, 0.25) is 5.88 Å². The number of carboxylic acids is 1. The number of thiazole rings is 1. The van der Waals surface area contributed by atoms with Crippen LogP contribution in [0.1, 0.15) is 10.4 Å². The molecule has 0 aliphatic carbocycles. The minimum atomic E-state index is -1.16. The summed E-state index contributed by atoms with van der Waals surface area (Å²) in [5.74, 6) is -0.145. The van der Waals surface area contributed by atoms with Gasteiger partial charge in [0.15, 0.2) is 9.67 Å². The Morgan fingerprint density at radius 1 is 1.20 bits per heavy atom. The van der Waals surface area contributed by atoms with Crippen molar-refractivity contribution >= 4 is 52.6 Å². The van der Waals surface area contributed by atoms with Crippen LogP contribution in [0.4, 0.5) is 5.69 Å². The molecule has 1 aromatic heterocycles. The number of carboxylic acid groups (broad SMARTS) is 1. The number of aromatic nitrogens is 1. The van der Waals surface area contributed by atoms with Gasteiger partial charge in [0.1, 0.15) is 11.5 Å². The standard InChI is InChI=1S/C21H16N2O5S2/c1-27-11-7-8-12-13(18(20(25)26)22-14(12)9-11)10-17-19(24)23(21(29)30-17)15-5-3-4-6-16(15)28-2/h3-10,24H,1-2H3,(H,25,26). The largest absolute Gasteiger partial charge is 0.497 e. The van der Waals surface area contributed by atoms with Crippen molar-refractivity contribution in [3.63, 3.8) is 0 Å². The molecule has 1 aliphatic heterocycles. The molecular formula is C21H16N2O5S2. The van der Waals surface area contributed by atoms with Crippen LogP contribution in [0.5, 0.6) is 17.4 Å². The van der Waals surface area contributed by atoms with Gasteiger partial charge in [0, 0.05) is 17.2 Å². The maximum atomic E-state index is 11.8. The molecule has 3 aromatic rings. The van der Waals surface area contributed by atoms with E-state index in [-0.39, 0.29) is 11.6 Å². The number of fused-ring (bicyclic) bond motifs is 1. The van der Waals surface area contributed by atoms with Gasteiger partial charge in [0.05, 0.1) is 30.5 Å². The van der Waals surface area contributed by atoms with Crippen LogP contribution in [0.15, 0.2) is 47.5 Å². The number of nitrogens with zero attached hydrogens (tertiary/aromatic N) is 2. The SMILES string of the molecule is COc1ccc2c(c1)N=C(C(=O)O)C2=Cc1sc(=S)n(-c2ccccc2OC)c1O. The Labute approximate surface area is 180 Å². The summed E-state index contributed by atoms with van der Waals surface area (Å²) in [6.45, 7) is 0. The van der Waals surface area contributed by atoms with Crippen LogP contribution in [-0.4, -0.2) is 40.7 Å². The number of hydrogen-bond acceptors (Lipinski definition) is 7. The van der Waals surface area contributed by atoms with Crippen LogP contribution < -0.4 is 9.47 Å². The number of benzene rings is 2. The highest BCUT2D eigenvalue weighted by atomic mass is 32.1. The van der Waals surface area contributed by atoms with E-state index in [1.54, 1.807) is 36.4 Å². The van der Waals surface area contributed by atoms with Gasteiger partial charge in [-0.2, -0.15) is 0 Å². The van der Waals surface area contributed by atoms with E-state index in [1.807, 2.05) is 12.1 Å². The van der Waals surface area contributed by atoms with Crippen molar-refractivity contribution in [3.8, 4) is 23.1 Å². The Morgan fingerprint density at radius 2 is 1.97 bits per heavy atom. The van der Waals surface area contributed by atoms with Crippen molar-refractivity contribution in [2.45, 2.75) is 0 Å². The first-order chi connectivity index (χ1) is 14.4. The van der Waals surface area contributed by atoms with Crippen LogP contribution in [0.25, 0.3) is 17.3 Å². The van der Waals surface area contributed by atoms with Crippen molar-refractivity contribution in [2.75, 3.05) is 14.2 Å². The number of carbonyl (C=O) groups is 1. The number of aliphatic carboxylic acids is 1. The van der Waals surface area contributed by atoms with Gasteiger partial charge < -0.3 is 19.7 Å². The van der Waals surface area contributed by atoms with Crippen molar-refractivity contribution in [1.29, 1.82) is 0 Å². The van der Waals surface area contributed by atoms with E-state index >= 15 is 0 Å². The fraction of sp³-hybridized carbons (Fsp3) is 0.0952.